The van der Waals surface area contributed by atoms with Crippen molar-refractivity contribution in [3.05, 3.63) is 51.3 Å². The van der Waals surface area contributed by atoms with Gasteiger partial charge in [0.05, 0.1) is 5.39 Å². The van der Waals surface area contributed by atoms with Crippen LogP contribution in [0.1, 0.15) is 6.92 Å². The normalized spacial score (nSPS) is 11.3. The molecule has 0 saturated heterocycles. The van der Waals surface area contributed by atoms with Crippen molar-refractivity contribution in [2.24, 2.45) is 0 Å². The Morgan fingerprint density at radius 3 is 3.06 bits per heavy atom. The average Bonchev–Trinajstić information content (AvgIpc) is 2.29. The lowest BCUT2D eigenvalue weighted by Gasteiger charge is -2.04. The summed E-state index contributed by atoms with van der Waals surface area (Å²) in [6, 6.07) is 3.31. The molecule has 2 heterocycles. The first-order chi connectivity index (χ1) is 7.74. The lowest BCUT2D eigenvalue weighted by Crippen LogP contribution is -2.30. The van der Waals surface area contributed by atoms with Crippen molar-refractivity contribution in [1.82, 2.24) is 14.5 Å². The Balaban J connectivity index is 2.81. The van der Waals surface area contributed by atoms with E-state index in [9.17, 15) is 9.59 Å². The van der Waals surface area contributed by atoms with Crippen LogP contribution >= 0.6 is 0 Å². The Hall–Kier alpha value is -2.17. The van der Waals surface area contributed by atoms with Crippen molar-refractivity contribution >= 4 is 11.0 Å². The molecule has 82 valence electrons. The summed E-state index contributed by atoms with van der Waals surface area (Å²) in [5.41, 5.74) is -0.423. The van der Waals surface area contributed by atoms with Gasteiger partial charge in [-0.2, -0.15) is 0 Å². The summed E-state index contributed by atoms with van der Waals surface area (Å²) in [4.78, 5) is 29.4. The Morgan fingerprint density at radius 1 is 1.50 bits per heavy atom. The van der Waals surface area contributed by atoms with E-state index in [1.165, 1.54) is 4.57 Å². The predicted molar refractivity (Wildman–Crippen MR) is 61.4 cm³/mol. The Morgan fingerprint density at radius 2 is 2.31 bits per heavy atom. The standard InChI is InChI=1S/C11H11N3O2/c1-2-3-7-14-9-8(5-4-6-12-9)10(15)13-11(14)16/h2-6H,7H2,1H3,(H,13,15,16)/b3-2+. The van der Waals surface area contributed by atoms with Gasteiger partial charge in [0, 0.05) is 12.7 Å². The lowest BCUT2D eigenvalue weighted by molar-refractivity contribution is 0.762. The van der Waals surface area contributed by atoms with E-state index < -0.39 is 11.2 Å². The van der Waals surface area contributed by atoms with Crippen LogP contribution in [0, 0.1) is 0 Å². The maximum atomic E-state index is 11.6. The van der Waals surface area contributed by atoms with Crippen LogP contribution in [0.5, 0.6) is 0 Å². The van der Waals surface area contributed by atoms with E-state index in [2.05, 4.69) is 9.97 Å². The van der Waals surface area contributed by atoms with E-state index >= 15 is 0 Å². The minimum Gasteiger partial charge on any atom is -0.274 e. The van der Waals surface area contributed by atoms with Crippen molar-refractivity contribution in [2.45, 2.75) is 13.5 Å². The highest BCUT2D eigenvalue weighted by atomic mass is 16.2. The van der Waals surface area contributed by atoms with Crippen LogP contribution in [0.4, 0.5) is 0 Å². The molecule has 0 aliphatic carbocycles. The van der Waals surface area contributed by atoms with Crippen molar-refractivity contribution in [3.63, 3.8) is 0 Å². The second-order valence-corrected chi connectivity index (χ2v) is 3.31. The lowest BCUT2D eigenvalue weighted by atomic mass is 10.3. The fourth-order valence-electron chi connectivity index (χ4n) is 1.50. The fourth-order valence-corrected chi connectivity index (χ4v) is 1.50. The monoisotopic (exact) mass is 217 g/mol. The van der Waals surface area contributed by atoms with Crippen LogP contribution in [-0.4, -0.2) is 14.5 Å². The molecule has 0 atom stereocenters. The molecule has 0 saturated carbocycles. The molecule has 0 amide bonds. The minimum absolute atomic E-state index is 0.398. The van der Waals surface area contributed by atoms with Gasteiger partial charge in [-0.3, -0.25) is 14.3 Å². The number of nitrogens with one attached hydrogen (secondary N) is 1. The second kappa shape index (κ2) is 4.14. The van der Waals surface area contributed by atoms with Gasteiger partial charge in [-0.15, -0.1) is 0 Å². The number of hydrogen-bond acceptors (Lipinski definition) is 3. The summed E-state index contributed by atoms with van der Waals surface area (Å²) in [7, 11) is 0. The van der Waals surface area contributed by atoms with E-state index in [0.717, 1.165) is 0 Å². The highest BCUT2D eigenvalue weighted by molar-refractivity contribution is 5.73. The largest absolute Gasteiger partial charge is 0.330 e. The maximum Gasteiger partial charge on any atom is 0.330 e. The quantitative estimate of drug-likeness (QED) is 0.751. The summed E-state index contributed by atoms with van der Waals surface area (Å²) in [5.74, 6) is 0. The first-order valence-corrected chi connectivity index (χ1v) is 4.93. The number of aromatic amines is 1. The van der Waals surface area contributed by atoms with Gasteiger partial charge in [-0.05, 0) is 19.1 Å². The third-order valence-electron chi connectivity index (χ3n) is 2.28. The molecule has 2 aromatic rings. The van der Waals surface area contributed by atoms with Crippen molar-refractivity contribution in [1.29, 1.82) is 0 Å². The zero-order valence-electron chi connectivity index (χ0n) is 8.80. The number of rotatable bonds is 2. The molecule has 1 N–H and O–H groups in total. The van der Waals surface area contributed by atoms with Gasteiger partial charge in [0.25, 0.3) is 5.56 Å². The number of H-pyrrole nitrogens is 1. The number of aromatic nitrogens is 3. The summed E-state index contributed by atoms with van der Waals surface area (Å²) in [5, 5.41) is 0.423. The van der Waals surface area contributed by atoms with Crippen molar-refractivity contribution in [2.75, 3.05) is 0 Å². The second-order valence-electron chi connectivity index (χ2n) is 3.31. The van der Waals surface area contributed by atoms with Gasteiger partial charge in [-0.25, -0.2) is 9.78 Å². The van der Waals surface area contributed by atoms with Gasteiger partial charge >= 0.3 is 5.69 Å². The first kappa shape index (κ1) is 10.4. The van der Waals surface area contributed by atoms with Gasteiger partial charge in [0.2, 0.25) is 0 Å². The number of allylic oxidation sites excluding steroid dienone is 2. The number of fused-ring (bicyclic) bond motifs is 1. The van der Waals surface area contributed by atoms with E-state index in [4.69, 9.17) is 0 Å². The molecule has 0 bridgehead atoms. The van der Waals surface area contributed by atoms with Crippen LogP contribution in [0.25, 0.3) is 11.0 Å². The van der Waals surface area contributed by atoms with Crippen LogP contribution in [-0.2, 0) is 6.54 Å². The molecule has 5 nitrogen and oxygen atoms in total. The molecule has 16 heavy (non-hydrogen) atoms. The SMILES string of the molecule is C/C=C/Cn1c(=O)[nH]c(=O)c2cccnc21. The smallest absolute Gasteiger partial charge is 0.274 e. The summed E-state index contributed by atoms with van der Waals surface area (Å²) in [6.45, 7) is 2.27. The van der Waals surface area contributed by atoms with Crippen LogP contribution < -0.4 is 11.2 Å². The number of hydrogen-bond donors (Lipinski definition) is 1. The zero-order chi connectivity index (χ0) is 11.5. The molecule has 5 heteroatoms. The maximum absolute atomic E-state index is 11.6. The van der Waals surface area contributed by atoms with Gasteiger partial charge in [-0.1, -0.05) is 12.2 Å². The molecular formula is C11H11N3O2. The molecular weight excluding hydrogens is 206 g/mol. The molecule has 0 aromatic carbocycles. The molecule has 0 radical (unpaired) electrons. The predicted octanol–water partition coefficient (Wildman–Crippen LogP) is 0.661. The first-order valence-electron chi connectivity index (χ1n) is 4.93. The topological polar surface area (TPSA) is 67.8 Å². The fraction of sp³-hybridized carbons (Fsp3) is 0.182. The van der Waals surface area contributed by atoms with Crippen LogP contribution in [0.2, 0.25) is 0 Å². The van der Waals surface area contributed by atoms with Crippen LogP contribution in [0.3, 0.4) is 0 Å². The Bertz CT molecular complexity index is 652. The highest BCUT2D eigenvalue weighted by Gasteiger charge is 2.05. The van der Waals surface area contributed by atoms with E-state index in [-0.39, 0.29) is 0 Å². The van der Waals surface area contributed by atoms with Gasteiger partial charge < -0.3 is 0 Å². The van der Waals surface area contributed by atoms with Gasteiger partial charge in [0.15, 0.2) is 0 Å². The van der Waals surface area contributed by atoms with Crippen LogP contribution in [0.15, 0.2) is 40.1 Å². The number of nitrogens with zero attached hydrogens (tertiary/aromatic N) is 2. The van der Waals surface area contributed by atoms with Crippen molar-refractivity contribution < 1.29 is 0 Å². The van der Waals surface area contributed by atoms with E-state index in [1.807, 2.05) is 19.1 Å². The highest BCUT2D eigenvalue weighted by Crippen LogP contribution is 2.02. The van der Waals surface area contributed by atoms with E-state index in [1.54, 1.807) is 18.3 Å². The molecule has 0 aliphatic rings. The summed E-state index contributed by atoms with van der Waals surface area (Å²) in [6.07, 6.45) is 5.23. The minimum atomic E-state index is -0.436. The van der Waals surface area contributed by atoms with E-state index in [0.29, 0.717) is 17.6 Å². The Labute approximate surface area is 91.1 Å². The summed E-state index contributed by atoms with van der Waals surface area (Å²) >= 11 is 0. The third kappa shape index (κ3) is 1.67. The molecule has 0 spiro atoms. The molecule has 0 aliphatic heterocycles. The van der Waals surface area contributed by atoms with Gasteiger partial charge in [0.1, 0.15) is 5.65 Å². The molecule has 2 rings (SSSR count). The Kier molecular flexibility index (Phi) is 2.68. The molecule has 0 fully saturated rings. The number of pyridine rings is 1. The molecule has 2 aromatic heterocycles. The summed E-state index contributed by atoms with van der Waals surface area (Å²) < 4.78 is 1.43. The zero-order valence-corrected chi connectivity index (χ0v) is 8.80. The molecule has 0 unspecified atom stereocenters. The average molecular weight is 217 g/mol. The third-order valence-corrected chi connectivity index (χ3v) is 2.28. The van der Waals surface area contributed by atoms with Crippen molar-refractivity contribution in [3.8, 4) is 0 Å².